The highest BCUT2D eigenvalue weighted by atomic mass is 19.4. The third-order valence-corrected chi connectivity index (χ3v) is 7.06. The van der Waals surface area contributed by atoms with E-state index in [1.807, 2.05) is 25.1 Å². The molecule has 0 bridgehead atoms. The maximum Gasteiger partial charge on any atom is 0.433 e. The third kappa shape index (κ3) is 5.89. The molecule has 5 rings (SSSR count). The van der Waals surface area contributed by atoms with E-state index in [1.54, 1.807) is 17.0 Å². The van der Waals surface area contributed by atoms with E-state index >= 15 is 0 Å². The summed E-state index contributed by atoms with van der Waals surface area (Å²) in [5.41, 5.74) is 4.24. The summed E-state index contributed by atoms with van der Waals surface area (Å²) >= 11 is 0. The van der Waals surface area contributed by atoms with Crippen molar-refractivity contribution in [2.45, 2.75) is 45.7 Å². The van der Waals surface area contributed by atoms with Gasteiger partial charge in [-0.3, -0.25) is 4.79 Å². The maximum absolute atomic E-state index is 13.0. The van der Waals surface area contributed by atoms with Gasteiger partial charge in [0, 0.05) is 37.0 Å². The predicted octanol–water partition coefficient (Wildman–Crippen LogP) is 6.38. The highest BCUT2D eigenvalue weighted by molar-refractivity contribution is 5.94. The van der Waals surface area contributed by atoms with Gasteiger partial charge in [0.25, 0.3) is 5.91 Å². The van der Waals surface area contributed by atoms with Gasteiger partial charge in [0.05, 0.1) is 0 Å². The smallest absolute Gasteiger partial charge is 0.433 e. The summed E-state index contributed by atoms with van der Waals surface area (Å²) in [5.74, 6) is 0.942. The lowest BCUT2D eigenvalue weighted by atomic mass is 9.97. The first-order chi connectivity index (χ1) is 18.6. The fourth-order valence-electron chi connectivity index (χ4n) is 4.86. The molecule has 1 saturated heterocycles. The van der Waals surface area contributed by atoms with Crippen LogP contribution in [0.15, 0.2) is 53.1 Å². The average molecular weight is 538 g/mol. The molecule has 0 spiro atoms. The van der Waals surface area contributed by atoms with Gasteiger partial charge < -0.3 is 14.6 Å². The molecule has 1 N–H and O–H groups in total. The second-order valence-corrected chi connectivity index (χ2v) is 10.3. The minimum Gasteiger partial charge on any atom is -0.436 e. The van der Waals surface area contributed by atoms with E-state index in [9.17, 15) is 18.0 Å². The molecule has 2 aromatic heterocycles. The van der Waals surface area contributed by atoms with Crippen molar-refractivity contribution in [2.24, 2.45) is 5.92 Å². The molecule has 1 fully saturated rings. The number of carbonyl (C=O) groups excluding carboxylic acids is 1. The number of aryl methyl sites for hydroxylation is 1. The number of nitrogens with one attached hydrogen (secondary N) is 1. The number of oxazole rings is 1. The van der Waals surface area contributed by atoms with Crippen molar-refractivity contribution in [2.75, 3.05) is 24.5 Å². The van der Waals surface area contributed by atoms with Crippen LogP contribution in [0.25, 0.3) is 22.6 Å². The van der Waals surface area contributed by atoms with Crippen LogP contribution in [0, 0.1) is 12.8 Å². The predicted molar refractivity (Wildman–Crippen MR) is 143 cm³/mol. The summed E-state index contributed by atoms with van der Waals surface area (Å²) in [7, 11) is 0. The Morgan fingerprint density at radius 3 is 2.49 bits per heavy atom. The number of piperidine rings is 1. The number of rotatable bonds is 6. The van der Waals surface area contributed by atoms with Gasteiger partial charge in [0.2, 0.25) is 11.8 Å². The summed E-state index contributed by atoms with van der Waals surface area (Å²) in [6.45, 7) is 7.83. The first-order valence-electron chi connectivity index (χ1n) is 13.0. The quantitative estimate of drug-likeness (QED) is 0.307. The highest BCUT2D eigenvalue weighted by Crippen LogP contribution is 2.32. The number of nitrogens with zero attached hydrogens (tertiary/aromatic N) is 4. The molecule has 10 heteroatoms. The molecule has 0 aliphatic carbocycles. The topological polar surface area (TPSA) is 84.2 Å². The molecule has 1 amide bonds. The van der Waals surface area contributed by atoms with Crippen LogP contribution < -0.4 is 10.2 Å². The van der Waals surface area contributed by atoms with Gasteiger partial charge in [-0.1, -0.05) is 19.9 Å². The second-order valence-electron chi connectivity index (χ2n) is 10.3. The van der Waals surface area contributed by atoms with Gasteiger partial charge in [0.1, 0.15) is 11.2 Å². The summed E-state index contributed by atoms with van der Waals surface area (Å²) in [6, 6.07) is 12.2. The minimum absolute atomic E-state index is 0.0851. The lowest BCUT2D eigenvalue weighted by Crippen LogP contribution is -2.39. The number of hydrogen-bond acceptors (Lipinski definition) is 6. The number of aromatic nitrogens is 3. The fourth-order valence-corrected chi connectivity index (χ4v) is 4.86. The molecule has 4 aromatic rings. The van der Waals surface area contributed by atoms with Crippen LogP contribution in [0.1, 0.15) is 59.8 Å². The van der Waals surface area contributed by atoms with Gasteiger partial charge in [-0.25, -0.2) is 15.0 Å². The van der Waals surface area contributed by atoms with Crippen molar-refractivity contribution in [3.05, 3.63) is 71.0 Å². The Bertz CT molecular complexity index is 1470. The number of alkyl halides is 3. The number of anilines is 1. The van der Waals surface area contributed by atoms with E-state index in [2.05, 4.69) is 40.2 Å². The molecule has 7 nitrogen and oxygen atoms in total. The number of benzene rings is 2. The Labute approximate surface area is 224 Å². The molecule has 0 saturated carbocycles. The van der Waals surface area contributed by atoms with E-state index in [-0.39, 0.29) is 17.8 Å². The van der Waals surface area contributed by atoms with Crippen LogP contribution >= 0.6 is 0 Å². The molecular weight excluding hydrogens is 507 g/mol. The van der Waals surface area contributed by atoms with Crippen LogP contribution in [0.4, 0.5) is 19.1 Å². The van der Waals surface area contributed by atoms with Gasteiger partial charge in [-0.05, 0) is 79.1 Å². The van der Waals surface area contributed by atoms with Crippen molar-refractivity contribution in [1.29, 1.82) is 0 Å². The zero-order valence-electron chi connectivity index (χ0n) is 22.0. The van der Waals surface area contributed by atoms with Crippen LogP contribution in [0.2, 0.25) is 0 Å². The zero-order chi connectivity index (χ0) is 27.7. The van der Waals surface area contributed by atoms with Gasteiger partial charge in [0.15, 0.2) is 5.58 Å². The van der Waals surface area contributed by atoms with Crippen LogP contribution in [0.5, 0.6) is 0 Å². The monoisotopic (exact) mass is 537 g/mol. The Balaban J connectivity index is 1.17. The lowest BCUT2D eigenvalue weighted by Gasteiger charge is -2.32. The Morgan fingerprint density at radius 1 is 1.10 bits per heavy atom. The van der Waals surface area contributed by atoms with Crippen molar-refractivity contribution >= 4 is 23.0 Å². The molecule has 204 valence electrons. The first kappa shape index (κ1) is 26.6. The standard InChI is InChI=1S/C29H30F3N5O2/c1-17(2)22-14-18(3)15-23-25(22)39-27(35-23)21-6-4-20(5-7-21)26(38)34-16-19-9-12-37(13-10-19)28-33-11-8-24(36-28)29(30,31)32/h4-8,11,14-15,17,19H,9-10,12-13,16H2,1-3H3,(H,34,38). The maximum atomic E-state index is 13.0. The Kier molecular flexibility index (Phi) is 7.29. The molecule has 3 heterocycles. The van der Waals surface area contributed by atoms with Crippen molar-refractivity contribution in [1.82, 2.24) is 20.3 Å². The van der Waals surface area contributed by atoms with Crippen LogP contribution in [0.3, 0.4) is 0 Å². The minimum atomic E-state index is -4.50. The number of fused-ring (bicyclic) bond motifs is 1. The number of halogens is 3. The van der Waals surface area contributed by atoms with E-state index in [0.29, 0.717) is 49.8 Å². The highest BCUT2D eigenvalue weighted by Gasteiger charge is 2.33. The third-order valence-electron chi connectivity index (χ3n) is 7.06. The van der Waals surface area contributed by atoms with Crippen molar-refractivity contribution in [3.8, 4) is 11.5 Å². The molecule has 1 aliphatic rings. The van der Waals surface area contributed by atoms with Crippen LogP contribution in [-0.2, 0) is 6.18 Å². The lowest BCUT2D eigenvalue weighted by molar-refractivity contribution is -0.141. The summed E-state index contributed by atoms with van der Waals surface area (Å²) < 4.78 is 45.0. The molecule has 2 aromatic carbocycles. The summed E-state index contributed by atoms with van der Waals surface area (Å²) in [4.78, 5) is 26.9. The summed E-state index contributed by atoms with van der Waals surface area (Å²) in [5, 5.41) is 2.98. The summed E-state index contributed by atoms with van der Waals surface area (Å²) in [6.07, 6.45) is -1.93. The van der Waals surface area contributed by atoms with Gasteiger partial charge in [-0.2, -0.15) is 13.2 Å². The number of hydrogen-bond donors (Lipinski definition) is 1. The van der Waals surface area contributed by atoms with Crippen molar-refractivity contribution < 1.29 is 22.4 Å². The largest absolute Gasteiger partial charge is 0.436 e. The van der Waals surface area contributed by atoms with E-state index < -0.39 is 11.9 Å². The Morgan fingerprint density at radius 2 is 1.82 bits per heavy atom. The normalized spacial score (nSPS) is 14.8. The number of amides is 1. The average Bonchev–Trinajstić information content (AvgIpc) is 3.35. The zero-order valence-corrected chi connectivity index (χ0v) is 22.0. The second kappa shape index (κ2) is 10.7. The fraction of sp³-hybridized carbons (Fsp3) is 0.379. The molecule has 0 unspecified atom stereocenters. The molecule has 1 aliphatic heterocycles. The SMILES string of the molecule is Cc1cc(C(C)C)c2oc(-c3ccc(C(=O)NCC4CCN(c5nccc(C(F)(F)F)n5)CC4)cc3)nc2c1. The molecule has 0 radical (unpaired) electrons. The number of carbonyl (C=O) groups is 1. The van der Waals surface area contributed by atoms with Crippen LogP contribution in [-0.4, -0.2) is 40.5 Å². The van der Waals surface area contributed by atoms with Crippen molar-refractivity contribution in [3.63, 3.8) is 0 Å². The molecule has 39 heavy (non-hydrogen) atoms. The Hall–Kier alpha value is -3.95. The molecule has 0 atom stereocenters. The van der Waals surface area contributed by atoms with E-state index in [0.717, 1.165) is 40.1 Å². The first-order valence-corrected chi connectivity index (χ1v) is 13.0. The van der Waals surface area contributed by atoms with Gasteiger partial charge >= 0.3 is 6.18 Å². The molecular formula is C29H30F3N5O2. The van der Waals surface area contributed by atoms with E-state index in [1.165, 1.54) is 0 Å². The van der Waals surface area contributed by atoms with E-state index in [4.69, 9.17) is 4.42 Å². The van der Waals surface area contributed by atoms with Gasteiger partial charge in [-0.15, -0.1) is 0 Å².